The maximum atomic E-state index is 9.14. The number of para-hydroxylation sites is 1. The van der Waals surface area contributed by atoms with Crippen molar-refractivity contribution in [2.75, 3.05) is 27.2 Å². The number of rotatable bonds is 5. The van der Waals surface area contributed by atoms with Crippen LogP contribution in [0.4, 0.5) is 0 Å². The second-order valence-electron chi connectivity index (χ2n) is 4.64. The minimum absolute atomic E-state index is 0.489. The summed E-state index contributed by atoms with van der Waals surface area (Å²) >= 11 is 0. The number of nitrogens with zero attached hydrogens (tertiary/aromatic N) is 3. The molecule has 0 fully saturated rings. The Morgan fingerprint density at radius 2 is 2.11 bits per heavy atom. The van der Waals surface area contributed by atoms with Crippen molar-refractivity contribution in [3.63, 3.8) is 0 Å². The van der Waals surface area contributed by atoms with Gasteiger partial charge in [-0.1, -0.05) is 12.1 Å². The standard InChI is InChI=1S/C15H17N3O/c1-18(2)8-5-9-19-15-12(10-16)11-17-14-7-4-3-6-13(14)15/h3-4,6-7,11H,5,8-9H2,1-2H3. The molecular weight excluding hydrogens is 238 g/mol. The molecule has 19 heavy (non-hydrogen) atoms. The van der Waals surface area contributed by atoms with Crippen LogP contribution in [-0.4, -0.2) is 37.1 Å². The number of hydrogen-bond acceptors (Lipinski definition) is 4. The van der Waals surface area contributed by atoms with Crippen molar-refractivity contribution in [3.05, 3.63) is 36.0 Å². The van der Waals surface area contributed by atoms with Gasteiger partial charge >= 0.3 is 0 Å². The molecular formula is C15H17N3O. The molecule has 1 heterocycles. The van der Waals surface area contributed by atoms with Crippen molar-refractivity contribution in [2.24, 2.45) is 0 Å². The van der Waals surface area contributed by atoms with E-state index in [1.165, 1.54) is 0 Å². The number of fused-ring (bicyclic) bond motifs is 1. The van der Waals surface area contributed by atoms with Gasteiger partial charge in [-0.2, -0.15) is 5.26 Å². The molecule has 4 nitrogen and oxygen atoms in total. The maximum Gasteiger partial charge on any atom is 0.148 e. The molecule has 98 valence electrons. The van der Waals surface area contributed by atoms with Crippen molar-refractivity contribution in [3.8, 4) is 11.8 Å². The van der Waals surface area contributed by atoms with Crippen LogP contribution in [0.2, 0.25) is 0 Å². The smallest absolute Gasteiger partial charge is 0.148 e. The van der Waals surface area contributed by atoms with Gasteiger partial charge in [-0.05, 0) is 32.6 Å². The number of pyridine rings is 1. The van der Waals surface area contributed by atoms with Crippen LogP contribution in [0.3, 0.4) is 0 Å². The third kappa shape index (κ3) is 3.21. The lowest BCUT2D eigenvalue weighted by Crippen LogP contribution is -2.15. The molecule has 2 aromatic rings. The fraction of sp³-hybridized carbons (Fsp3) is 0.333. The highest BCUT2D eigenvalue weighted by molar-refractivity contribution is 5.86. The third-order valence-electron chi connectivity index (χ3n) is 2.84. The molecule has 2 rings (SSSR count). The molecule has 0 atom stereocenters. The summed E-state index contributed by atoms with van der Waals surface area (Å²) in [5.74, 6) is 0.645. The highest BCUT2D eigenvalue weighted by Gasteiger charge is 2.09. The van der Waals surface area contributed by atoms with Gasteiger partial charge in [0.1, 0.15) is 17.4 Å². The molecule has 0 aliphatic heterocycles. The minimum Gasteiger partial charge on any atom is -0.491 e. The lowest BCUT2D eigenvalue weighted by Gasteiger charge is -2.12. The van der Waals surface area contributed by atoms with Gasteiger partial charge < -0.3 is 9.64 Å². The number of benzene rings is 1. The number of nitriles is 1. The molecule has 0 bridgehead atoms. The van der Waals surface area contributed by atoms with Crippen molar-refractivity contribution in [1.82, 2.24) is 9.88 Å². The largest absolute Gasteiger partial charge is 0.491 e. The van der Waals surface area contributed by atoms with E-state index < -0.39 is 0 Å². The monoisotopic (exact) mass is 255 g/mol. The lowest BCUT2D eigenvalue weighted by atomic mass is 10.1. The highest BCUT2D eigenvalue weighted by atomic mass is 16.5. The second-order valence-corrected chi connectivity index (χ2v) is 4.64. The zero-order chi connectivity index (χ0) is 13.7. The summed E-state index contributed by atoms with van der Waals surface area (Å²) in [6, 6.07) is 9.85. The quantitative estimate of drug-likeness (QED) is 0.770. The van der Waals surface area contributed by atoms with Gasteiger partial charge in [0.15, 0.2) is 0 Å². The van der Waals surface area contributed by atoms with E-state index in [2.05, 4.69) is 16.0 Å². The lowest BCUT2D eigenvalue weighted by molar-refractivity contribution is 0.283. The highest BCUT2D eigenvalue weighted by Crippen LogP contribution is 2.27. The first-order valence-electron chi connectivity index (χ1n) is 6.27. The summed E-state index contributed by atoms with van der Waals surface area (Å²) in [5.41, 5.74) is 1.34. The molecule has 0 aliphatic carbocycles. The van der Waals surface area contributed by atoms with Crippen LogP contribution in [0, 0.1) is 11.3 Å². The normalized spacial score (nSPS) is 10.6. The maximum absolute atomic E-state index is 9.14. The minimum atomic E-state index is 0.489. The van der Waals surface area contributed by atoms with Gasteiger partial charge in [-0.15, -0.1) is 0 Å². The van der Waals surface area contributed by atoms with Crippen LogP contribution in [-0.2, 0) is 0 Å². The fourth-order valence-electron chi connectivity index (χ4n) is 1.91. The molecule has 1 aromatic heterocycles. The van der Waals surface area contributed by atoms with E-state index in [-0.39, 0.29) is 0 Å². The van der Waals surface area contributed by atoms with E-state index in [4.69, 9.17) is 10.00 Å². The summed E-state index contributed by atoms with van der Waals surface area (Å²) in [5, 5.41) is 10.0. The van der Waals surface area contributed by atoms with E-state index in [0.29, 0.717) is 17.9 Å². The summed E-state index contributed by atoms with van der Waals surface area (Å²) in [6.45, 7) is 1.56. The van der Waals surface area contributed by atoms with Gasteiger partial charge in [-0.3, -0.25) is 4.98 Å². The Bertz CT molecular complexity index is 602. The van der Waals surface area contributed by atoms with Crippen molar-refractivity contribution >= 4 is 10.9 Å². The van der Waals surface area contributed by atoms with E-state index >= 15 is 0 Å². The molecule has 0 radical (unpaired) electrons. The van der Waals surface area contributed by atoms with E-state index in [1.807, 2.05) is 38.4 Å². The first kappa shape index (κ1) is 13.3. The number of ether oxygens (including phenoxy) is 1. The Balaban J connectivity index is 2.22. The molecule has 0 N–H and O–H groups in total. The summed E-state index contributed by atoms with van der Waals surface area (Å²) < 4.78 is 5.80. The van der Waals surface area contributed by atoms with E-state index in [0.717, 1.165) is 23.9 Å². The Labute approximate surface area is 113 Å². The molecule has 1 aromatic carbocycles. The van der Waals surface area contributed by atoms with Gasteiger partial charge in [0.2, 0.25) is 0 Å². The first-order chi connectivity index (χ1) is 9.22. The van der Waals surface area contributed by atoms with Crippen LogP contribution in [0.25, 0.3) is 10.9 Å². The number of aromatic nitrogens is 1. The van der Waals surface area contributed by atoms with Crippen molar-refractivity contribution in [2.45, 2.75) is 6.42 Å². The average molecular weight is 255 g/mol. The van der Waals surface area contributed by atoms with Crippen LogP contribution in [0.5, 0.6) is 5.75 Å². The predicted molar refractivity (Wildman–Crippen MR) is 75.1 cm³/mol. The van der Waals surface area contributed by atoms with Crippen molar-refractivity contribution in [1.29, 1.82) is 5.26 Å². The summed E-state index contributed by atoms with van der Waals surface area (Å²) in [6.07, 6.45) is 2.50. The molecule has 0 saturated heterocycles. The Kier molecular flexibility index (Phi) is 4.32. The molecule has 0 saturated carbocycles. The fourth-order valence-corrected chi connectivity index (χ4v) is 1.91. The molecule has 4 heteroatoms. The Morgan fingerprint density at radius 3 is 2.84 bits per heavy atom. The van der Waals surface area contributed by atoms with Crippen LogP contribution in [0.1, 0.15) is 12.0 Å². The molecule has 0 spiro atoms. The van der Waals surface area contributed by atoms with Crippen LogP contribution >= 0.6 is 0 Å². The average Bonchev–Trinajstić information content (AvgIpc) is 2.43. The SMILES string of the molecule is CN(C)CCCOc1c(C#N)cnc2ccccc12. The van der Waals surface area contributed by atoms with Crippen LogP contribution in [0.15, 0.2) is 30.5 Å². The molecule has 0 amide bonds. The zero-order valence-corrected chi connectivity index (χ0v) is 11.3. The topological polar surface area (TPSA) is 49.1 Å². The van der Waals surface area contributed by atoms with Crippen molar-refractivity contribution < 1.29 is 4.74 Å². The first-order valence-corrected chi connectivity index (χ1v) is 6.27. The van der Waals surface area contributed by atoms with Gasteiger partial charge in [0.05, 0.1) is 12.1 Å². The second kappa shape index (κ2) is 6.17. The Hall–Kier alpha value is -2.12. The zero-order valence-electron chi connectivity index (χ0n) is 11.3. The number of hydrogen-bond donors (Lipinski definition) is 0. The van der Waals surface area contributed by atoms with Gasteiger partial charge in [0, 0.05) is 18.1 Å². The molecule has 0 unspecified atom stereocenters. The third-order valence-corrected chi connectivity index (χ3v) is 2.84. The van der Waals surface area contributed by atoms with Gasteiger partial charge in [-0.25, -0.2) is 0 Å². The van der Waals surface area contributed by atoms with Crippen LogP contribution < -0.4 is 4.74 Å². The van der Waals surface area contributed by atoms with E-state index in [9.17, 15) is 0 Å². The summed E-state index contributed by atoms with van der Waals surface area (Å²) in [4.78, 5) is 6.37. The molecule has 0 aliphatic rings. The van der Waals surface area contributed by atoms with Gasteiger partial charge in [0.25, 0.3) is 0 Å². The Morgan fingerprint density at radius 1 is 1.32 bits per heavy atom. The summed E-state index contributed by atoms with van der Waals surface area (Å²) in [7, 11) is 4.06. The van der Waals surface area contributed by atoms with E-state index in [1.54, 1.807) is 6.20 Å². The predicted octanol–water partition coefficient (Wildman–Crippen LogP) is 2.44.